The number of rotatable bonds is 4. The summed E-state index contributed by atoms with van der Waals surface area (Å²) in [6.07, 6.45) is 0. The molecule has 134 valence electrons. The highest BCUT2D eigenvalue weighted by molar-refractivity contribution is 5.89. The zero-order valence-corrected chi connectivity index (χ0v) is 14.7. The molecule has 1 atom stereocenters. The van der Waals surface area contributed by atoms with Crippen LogP contribution in [-0.2, 0) is 24.4 Å². The van der Waals surface area contributed by atoms with Crippen LogP contribution in [0.1, 0.15) is 17.2 Å². The molecule has 0 bridgehead atoms. The molecule has 0 fully saturated rings. The van der Waals surface area contributed by atoms with Crippen LogP contribution in [-0.4, -0.2) is 43.9 Å². The minimum absolute atomic E-state index is 0.355. The minimum atomic E-state index is -0.837. The van der Waals surface area contributed by atoms with Crippen molar-refractivity contribution in [2.45, 2.75) is 32.6 Å². The van der Waals surface area contributed by atoms with Gasteiger partial charge in [-0.25, -0.2) is 0 Å². The first-order valence-corrected chi connectivity index (χ1v) is 8.48. The fourth-order valence-electron chi connectivity index (χ4n) is 3.59. The summed E-state index contributed by atoms with van der Waals surface area (Å²) in [4.78, 5) is 13.7. The Labute approximate surface area is 150 Å². The highest BCUT2D eigenvalue weighted by atomic mass is 16.5. The van der Waals surface area contributed by atoms with E-state index in [0.29, 0.717) is 19.6 Å². The van der Waals surface area contributed by atoms with Crippen LogP contribution in [0, 0.1) is 6.92 Å². The normalized spacial score (nSPS) is 17.2. The first kappa shape index (κ1) is 16.5. The van der Waals surface area contributed by atoms with Crippen LogP contribution in [0.4, 0.5) is 0 Å². The third kappa shape index (κ3) is 2.80. The number of hydrogen-bond donors (Lipinski definition) is 1. The molecule has 1 aliphatic rings. The largest absolute Gasteiger partial charge is 0.496 e. The predicted molar refractivity (Wildman–Crippen MR) is 95.9 cm³/mol. The van der Waals surface area contributed by atoms with Crippen molar-refractivity contribution in [3.63, 3.8) is 0 Å². The lowest BCUT2D eigenvalue weighted by atomic mass is 10.0. The third-order valence-corrected chi connectivity index (χ3v) is 4.93. The van der Waals surface area contributed by atoms with Crippen LogP contribution in [0.2, 0.25) is 0 Å². The molecule has 0 saturated heterocycles. The molecule has 3 aromatic rings. The summed E-state index contributed by atoms with van der Waals surface area (Å²) in [5, 5.41) is 20.1. The highest BCUT2D eigenvalue weighted by Gasteiger charge is 2.33. The third-order valence-electron chi connectivity index (χ3n) is 4.93. The van der Waals surface area contributed by atoms with Crippen molar-refractivity contribution in [1.82, 2.24) is 19.7 Å². The number of methoxy groups -OCH3 is 1. The Hall–Kier alpha value is -2.93. The van der Waals surface area contributed by atoms with Crippen LogP contribution in [0.25, 0.3) is 10.8 Å². The van der Waals surface area contributed by atoms with E-state index in [0.717, 1.165) is 33.7 Å². The standard InChI is InChI=1S/C19H20N4O3/c1-12-20-21-18-11-22(16(19(24)25)10-23(12)18)9-13-7-14-5-3-4-6-15(14)17(8-13)26-2/h3-8,16H,9-11H2,1-2H3,(H,24,25). The molecule has 2 heterocycles. The summed E-state index contributed by atoms with van der Waals surface area (Å²) in [7, 11) is 1.65. The van der Waals surface area contributed by atoms with E-state index in [1.165, 1.54) is 0 Å². The quantitative estimate of drug-likeness (QED) is 0.775. The number of fused-ring (bicyclic) bond motifs is 2. The summed E-state index contributed by atoms with van der Waals surface area (Å²) in [6, 6.07) is 11.5. The van der Waals surface area contributed by atoms with Crippen LogP contribution in [0.5, 0.6) is 5.75 Å². The van der Waals surface area contributed by atoms with Crippen LogP contribution < -0.4 is 4.74 Å². The van der Waals surface area contributed by atoms with Crippen molar-refractivity contribution in [2.75, 3.05) is 7.11 Å². The Kier molecular flexibility index (Phi) is 4.08. The number of ether oxygens (including phenoxy) is 1. The van der Waals surface area contributed by atoms with E-state index in [2.05, 4.69) is 16.3 Å². The van der Waals surface area contributed by atoms with E-state index in [-0.39, 0.29) is 0 Å². The molecule has 2 aromatic carbocycles. The molecular formula is C19H20N4O3. The van der Waals surface area contributed by atoms with Gasteiger partial charge in [0, 0.05) is 11.9 Å². The summed E-state index contributed by atoms with van der Waals surface area (Å²) in [6.45, 7) is 3.16. The van der Waals surface area contributed by atoms with Crippen molar-refractivity contribution < 1.29 is 14.6 Å². The molecule has 0 saturated carbocycles. The van der Waals surface area contributed by atoms with Crippen molar-refractivity contribution in [1.29, 1.82) is 0 Å². The van der Waals surface area contributed by atoms with Gasteiger partial charge >= 0.3 is 5.97 Å². The van der Waals surface area contributed by atoms with Crippen molar-refractivity contribution >= 4 is 16.7 Å². The number of benzene rings is 2. The van der Waals surface area contributed by atoms with E-state index < -0.39 is 12.0 Å². The van der Waals surface area contributed by atoms with Gasteiger partial charge in [0.2, 0.25) is 0 Å². The van der Waals surface area contributed by atoms with Gasteiger partial charge in [-0.2, -0.15) is 0 Å². The summed E-state index contributed by atoms with van der Waals surface area (Å²) in [5.74, 6) is 1.50. The van der Waals surface area contributed by atoms with Gasteiger partial charge in [-0.05, 0) is 30.0 Å². The molecule has 7 heteroatoms. The molecule has 0 aliphatic carbocycles. The van der Waals surface area contributed by atoms with Crippen LogP contribution >= 0.6 is 0 Å². The van der Waals surface area contributed by atoms with Gasteiger partial charge in [0.25, 0.3) is 0 Å². The Morgan fingerprint density at radius 1 is 1.31 bits per heavy atom. The number of hydrogen-bond acceptors (Lipinski definition) is 5. The number of aromatic nitrogens is 3. The van der Waals surface area contributed by atoms with Crippen molar-refractivity contribution in [2.24, 2.45) is 0 Å². The van der Waals surface area contributed by atoms with Gasteiger partial charge < -0.3 is 14.4 Å². The van der Waals surface area contributed by atoms with Gasteiger partial charge in [0.1, 0.15) is 23.4 Å². The monoisotopic (exact) mass is 352 g/mol. The van der Waals surface area contributed by atoms with Gasteiger partial charge in [-0.15, -0.1) is 10.2 Å². The second-order valence-corrected chi connectivity index (χ2v) is 6.55. The smallest absolute Gasteiger partial charge is 0.322 e. The molecule has 4 rings (SSSR count). The Bertz CT molecular complexity index is 982. The molecule has 1 N–H and O–H groups in total. The molecule has 0 amide bonds. The first-order valence-electron chi connectivity index (χ1n) is 8.48. The summed E-state index contributed by atoms with van der Waals surface area (Å²) < 4.78 is 7.42. The molecule has 1 aromatic heterocycles. The average molecular weight is 352 g/mol. The molecule has 0 spiro atoms. The van der Waals surface area contributed by atoms with Gasteiger partial charge in [0.15, 0.2) is 0 Å². The molecule has 1 aliphatic heterocycles. The van der Waals surface area contributed by atoms with Gasteiger partial charge in [-0.3, -0.25) is 9.69 Å². The van der Waals surface area contributed by atoms with Crippen LogP contribution in [0.15, 0.2) is 36.4 Å². The molecular weight excluding hydrogens is 332 g/mol. The van der Waals surface area contributed by atoms with Gasteiger partial charge in [0.05, 0.1) is 20.2 Å². The molecule has 7 nitrogen and oxygen atoms in total. The molecule has 26 heavy (non-hydrogen) atoms. The zero-order valence-electron chi connectivity index (χ0n) is 14.7. The minimum Gasteiger partial charge on any atom is -0.496 e. The zero-order chi connectivity index (χ0) is 18.3. The lowest BCUT2D eigenvalue weighted by Crippen LogP contribution is -2.47. The maximum absolute atomic E-state index is 11.8. The second-order valence-electron chi connectivity index (χ2n) is 6.55. The number of carbonyl (C=O) groups is 1. The SMILES string of the molecule is COc1cc(CN2Cc3nnc(C)n3CC2C(=O)O)cc2ccccc12. The van der Waals surface area contributed by atoms with Crippen molar-refractivity contribution in [3.8, 4) is 5.75 Å². The van der Waals surface area contributed by atoms with E-state index in [9.17, 15) is 9.90 Å². The first-order chi connectivity index (χ1) is 12.6. The fourth-order valence-corrected chi connectivity index (χ4v) is 3.59. The topological polar surface area (TPSA) is 80.5 Å². The second kappa shape index (κ2) is 6.42. The van der Waals surface area contributed by atoms with E-state index in [4.69, 9.17) is 4.74 Å². The molecule has 0 radical (unpaired) electrons. The average Bonchev–Trinajstić information content (AvgIpc) is 3.00. The number of carboxylic acids is 1. The number of nitrogens with zero attached hydrogens (tertiary/aromatic N) is 4. The Morgan fingerprint density at radius 3 is 2.88 bits per heavy atom. The Morgan fingerprint density at radius 2 is 2.12 bits per heavy atom. The van der Waals surface area contributed by atoms with E-state index in [1.807, 2.05) is 46.7 Å². The predicted octanol–water partition coefficient (Wildman–Crippen LogP) is 2.22. The number of carboxylic acid groups (broad SMARTS) is 1. The van der Waals surface area contributed by atoms with E-state index in [1.54, 1.807) is 7.11 Å². The van der Waals surface area contributed by atoms with Gasteiger partial charge in [-0.1, -0.05) is 24.3 Å². The van der Waals surface area contributed by atoms with E-state index >= 15 is 0 Å². The lowest BCUT2D eigenvalue weighted by Gasteiger charge is -2.33. The summed E-state index contributed by atoms with van der Waals surface area (Å²) >= 11 is 0. The Balaban J connectivity index is 1.69. The summed E-state index contributed by atoms with van der Waals surface area (Å²) in [5.41, 5.74) is 1.01. The fraction of sp³-hybridized carbons (Fsp3) is 0.316. The van der Waals surface area contributed by atoms with Crippen molar-refractivity contribution in [3.05, 3.63) is 53.6 Å². The number of aliphatic carboxylic acids is 1. The number of aryl methyl sites for hydroxylation is 1. The van der Waals surface area contributed by atoms with Crippen LogP contribution in [0.3, 0.4) is 0 Å². The highest BCUT2D eigenvalue weighted by Crippen LogP contribution is 2.29. The molecule has 1 unspecified atom stereocenters. The lowest BCUT2D eigenvalue weighted by molar-refractivity contribution is -0.145. The maximum atomic E-state index is 11.8. The maximum Gasteiger partial charge on any atom is 0.322 e.